The van der Waals surface area contributed by atoms with Crippen molar-refractivity contribution < 1.29 is 23.4 Å². The predicted molar refractivity (Wildman–Crippen MR) is 120 cm³/mol. The van der Waals surface area contributed by atoms with Gasteiger partial charge in [-0.05, 0) is 36.4 Å². The Bertz CT molecular complexity index is 1330. The highest BCUT2D eigenvalue weighted by Crippen LogP contribution is 2.34. The van der Waals surface area contributed by atoms with Crippen molar-refractivity contribution in [2.24, 2.45) is 4.99 Å². The van der Waals surface area contributed by atoms with Crippen LogP contribution < -0.4 is 4.72 Å². The van der Waals surface area contributed by atoms with Crippen molar-refractivity contribution in [1.29, 1.82) is 0 Å². The third-order valence-corrected chi connectivity index (χ3v) is 6.88. The number of fused-ring (bicyclic) bond motifs is 3. The first-order valence-corrected chi connectivity index (χ1v) is 11.7. The molecule has 0 radical (unpaired) electrons. The van der Waals surface area contributed by atoms with Gasteiger partial charge < -0.3 is 19.9 Å². The Morgan fingerprint density at radius 2 is 2.00 bits per heavy atom. The molecule has 4 N–H and O–H groups in total. The van der Waals surface area contributed by atoms with Crippen LogP contribution in [0.3, 0.4) is 0 Å². The summed E-state index contributed by atoms with van der Waals surface area (Å²) < 4.78 is 33.1. The molecule has 0 spiro atoms. The highest BCUT2D eigenvalue weighted by Gasteiger charge is 2.15. The van der Waals surface area contributed by atoms with Crippen LogP contribution in [-0.2, 0) is 14.8 Å². The highest BCUT2D eigenvalue weighted by molar-refractivity contribution is 7.89. The first kappa shape index (κ1) is 21.4. The van der Waals surface area contributed by atoms with Crippen molar-refractivity contribution in [3.05, 3.63) is 47.5 Å². The Morgan fingerprint density at radius 1 is 1.19 bits per heavy atom. The molecule has 162 valence electrons. The van der Waals surface area contributed by atoms with Gasteiger partial charge in [0.1, 0.15) is 0 Å². The molecule has 0 aliphatic carbocycles. The molecule has 4 rings (SSSR count). The summed E-state index contributed by atoms with van der Waals surface area (Å²) in [6.45, 7) is 0.326. The Balaban J connectivity index is 1.52. The number of aliphatic imine (C=N–C) groups is 1. The molecule has 2 heterocycles. The standard InChI is InChI=1S/C20H20N4O5S2/c25-8-10-29-9-7-23-31(27,28)14-3-1-13(2-4-14)21-11-15-18-16(24-20(15)26)5-6-17-19(18)30-12-22-17/h1-6,11-12,23-26H,7-10H2. The summed E-state index contributed by atoms with van der Waals surface area (Å²) >= 11 is 1.48. The number of aromatic amines is 1. The Morgan fingerprint density at radius 3 is 2.77 bits per heavy atom. The van der Waals surface area contributed by atoms with Crippen molar-refractivity contribution in [3.63, 3.8) is 0 Å². The van der Waals surface area contributed by atoms with E-state index in [0.717, 1.165) is 21.1 Å². The monoisotopic (exact) mass is 460 g/mol. The second-order valence-electron chi connectivity index (χ2n) is 6.56. The van der Waals surface area contributed by atoms with Gasteiger partial charge in [-0.3, -0.25) is 4.99 Å². The molecular formula is C20H20N4O5S2. The van der Waals surface area contributed by atoms with E-state index < -0.39 is 10.0 Å². The quantitative estimate of drug-likeness (QED) is 0.224. The van der Waals surface area contributed by atoms with Gasteiger partial charge >= 0.3 is 0 Å². The van der Waals surface area contributed by atoms with Gasteiger partial charge in [-0.25, -0.2) is 18.1 Å². The maximum Gasteiger partial charge on any atom is 0.240 e. The predicted octanol–water partition coefficient (Wildman–Crippen LogP) is 2.52. The highest BCUT2D eigenvalue weighted by atomic mass is 32.2. The molecule has 0 saturated heterocycles. The lowest BCUT2D eigenvalue weighted by atomic mass is 10.1. The molecule has 0 bridgehead atoms. The number of benzene rings is 2. The summed E-state index contributed by atoms with van der Waals surface area (Å²) in [7, 11) is -3.67. The van der Waals surface area contributed by atoms with Gasteiger partial charge in [-0.2, -0.15) is 0 Å². The number of aromatic nitrogens is 2. The largest absolute Gasteiger partial charge is 0.494 e. The minimum absolute atomic E-state index is 0.00599. The second-order valence-corrected chi connectivity index (χ2v) is 9.18. The van der Waals surface area contributed by atoms with Crippen molar-refractivity contribution >= 4 is 54.4 Å². The minimum Gasteiger partial charge on any atom is -0.494 e. The van der Waals surface area contributed by atoms with Crippen LogP contribution in [0.5, 0.6) is 5.88 Å². The van der Waals surface area contributed by atoms with E-state index in [4.69, 9.17) is 9.84 Å². The molecule has 0 atom stereocenters. The number of nitrogens with zero attached hydrogens (tertiary/aromatic N) is 2. The number of thiazole rings is 1. The van der Waals surface area contributed by atoms with Crippen LogP contribution in [0.25, 0.3) is 21.1 Å². The minimum atomic E-state index is -3.67. The third-order valence-electron chi connectivity index (χ3n) is 4.54. The van der Waals surface area contributed by atoms with Gasteiger partial charge in [0.05, 0.1) is 57.2 Å². The number of ether oxygens (including phenoxy) is 1. The lowest BCUT2D eigenvalue weighted by molar-refractivity contribution is 0.0961. The topological polar surface area (TPSA) is 137 Å². The van der Waals surface area contributed by atoms with E-state index >= 15 is 0 Å². The van der Waals surface area contributed by atoms with Gasteiger partial charge in [0.2, 0.25) is 10.0 Å². The maximum atomic E-state index is 12.3. The first-order chi connectivity index (χ1) is 15.0. The van der Waals surface area contributed by atoms with E-state index in [2.05, 4.69) is 19.7 Å². The average Bonchev–Trinajstić information content (AvgIpc) is 3.35. The number of hydrogen-bond donors (Lipinski definition) is 4. The molecule has 0 aliphatic rings. The molecule has 0 saturated carbocycles. The molecule has 0 amide bonds. The Hall–Kier alpha value is -2.83. The summed E-state index contributed by atoms with van der Waals surface area (Å²) in [6, 6.07) is 9.83. The van der Waals surface area contributed by atoms with E-state index in [1.165, 1.54) is 23.5 Å². The van der Waals surface area contributed by atoms with Crippen LogP contribution in [0.2, 0.25) is 0 Å². The van der Waals surface area contributed by atoms with Crippen molar-refractivity contribution in [1.82, 2.24) is 14.7 Å². The molecule has 4 aromatic rings. The molecule has 11 heteroatoms. The van der Waals surface area contributed by atoms with Crippen LogP contribution >= 0.6 is 11.3 Å². The fourth-order valence-corrected chi connectivity index (χ4v) is 4.95. The fourth-order valence-electron chi connectivity index (χ4n) is 3.09. The zero-order chi connectivity index (χ0) is 21.8. The van der Waals surface area contributed by atoms with E-state index in [0.29, 0.717) is 11.3 Å². The molecule has 9 nitrogen and oxygen atoms in total. The van der Waals surface area contributed by atoms with E-state index in [1.807, 2.05) is 12.1 Å². The number of H-pyrrole nitrogens is 1. The van der Waals surface area contributed by atoms with E-state index in [1.54, 1.807) is 23.9 Å². The summed E-state index contributed by atoms with van der Waals surface area (Å²) in [5.74, 6) is 0.00599. The first-order valence-electron chi connectivity index (χ1n) is 9.39. The van der Waals surface area contributed by atoms with Gasteiger partial charge in [0.25, 0.3) is 0 Å². The van der Waals surface area contributed by atoms with Gasteiger partial charge in [-0.1, -0.05) is 0 Å². The zero-order valence-electron chi connectivity index (χ0n) is 16.3. The van der Waals surface area contributed by atoms with Crippen molar-refractivity contribution in [2.75, 3.05) is 26.4 Å². The van der Waals surface area contributed by atoms with Crippen LogP contribution in [0.1, 0.15) is 5.56 Å². The van der Waals surface area contributed by atoms with Crippen LogP contribution in [0, 0.1) is 0 Å². The van der Waals surface area contributed by atoms with Crippen LogP contribution in [0.4, 0.5) is 5.69 Å². The lowest BCUT2D eigenvalue weighted by Crippen LogP contribution is -2.27. The number of aromatic hydroxyl groups is 1. The SMILES string of the molecule is O=S(=O)(NCCOCCO)c1ccc(N=Cc2c(O)[nH]c3ccc4ncsc4c23)cc1. The fraction of sp³-hybridized carbons (Fsp3) is 0.200. The molecule has 2 aromatic carbocycles. The number of sulfonamides is 1. The number of aliphatic hydroxyl groups excluding tert-OH is 1. The smallest absolute Gasteiger partial charge is 0.240 e. The third kappa shape index (κ3) is 4.60. The number of nitrogens with one attached hydrogen (secondary N) is 2. The van der Waals surface area contributed by atoms with Gasteiger partial charge in [-0.15, -0.1) is 11.3 Å². The average molecular weight is 461 g/mol. The Labute approximate surface area is 182 Å². The summed E-state index contributed by atoms with van der Waals surface area (Å²) in [4.78, 5) is 11.7. The lowest BCUT2D eigenvalue weighted by Gasteiger charge is -2.07. The summed E-state index contributed by atoms with van der Waals surface area (Å²) in [6.07, 6.45) is 1.55. The molecule has 0 aliphatic heterocycles. The summed E-state index contributed by atoms with van der Waals surface area (Å²) in [5.41, 5.74) is 4.46. The van der Waals surface area contributed by atoms with Crippen LogP contribution in [0.15, 0.2) is 51.8 Å². The Kier molecular flexibility index (Phi) is 6.30. The molecule has 31 heavy (non-hydrogen) atoms. The number of rotatable bonds is 9. The number of aliphatic hydroxyl groups is 1. The second kappa shape index (κ2) is 9.12. The van der Waals surface area contributed by atoms with E-state index in [9.17, 15) is 13.5 Å². The number of hydrogen-bond acceptors (Lipinski definition) is 8. The van der Waals surface area contributed by atoms with Crippen LogP contribution in [-0.4, -0.2) is 61.2 Å². The molecular weight excluding hydrogens is 440 g/mol. The maximum absolute atomic E-state index is 12.3. The summed E-state index contributed by atoms with van der Waals surface area (Å²) in [5, 5.41) is 19.8. The molecule has 0 unspecified atom stereocenters. The molecule has 0 fully saturated rings. The van der Waals surface area contributed by atoms with E-state index in [-0.39, 0.29) is 37.1 Å². The molecule has 2 aromatic heterocycles. The normalized spacial score (nSPS) is 12.4. The van der Waals surface area contributed by atoms with Crippen molar-refractivity contribution in [2.45, 2.75) is 4.90 Å². The van der Waals surface area contributed by atoms with Crippen molar-refractivity contribution in [3.8, 4) is 5.88 Å². The van der Waals surface area contributed by atoms with Gasteiger partial charge in [0.15, 0.2) is 5.88 Å². The zero-order valence-corrected chi connectivity index (χ0v) is 17.9. The van der Waals surface area contributed by atoms with Gasteiger partial charge in [0, 0.05) is 18.1 Å².